The molecular weight excluding hydrogens is 336 g/mol. The van der Waals surface area contributed by atoms with Crippen LogP contribution in [0.1, 0.15) is 42.1 Å². The lowest BCUT2D eigenvalue weighted by Crippen LogP contribution is -2.31. The van der Waals surface area contributed by atoms with E-state index < -0.39 is 0 Å². The number of hydrogen-bond donors (Lipinski definition) is 0. The summed E-state index contributed by atoms with van der Waals surface area (Å²) in [5, 5.41) is 1.52. The quantitative estimate of drug-likeness (QED) is 0.731. The first-order chi connectivity index (χ1) is 9.74. The van der Waals surface area contributed by atoms with Crippen LogP contribution in [-0.2, 0) is 5.41 Å². The van der Waals surface area contributed by atoms with Crippen molar-refractivity contribution in [1.82, 2.24) is 0 Å². The number of rotatable bonds is 3. The standard InChI is InChI=1S/C16H21BrO2S/c1-18-13-7-11-12(8-14(13)19-2)16(5-3-4-6-16)10-20-15(11)9-17/h7-8,15H,3-6,9-10H2,1-2H3. The SMILES string of the molecule is COc1cc2c(cc1OC)C1(CCCC1)CSC2CBr. The van der Waals surface area contributed by atoms with Gasteiger partial charge >= 0.3 is 0 Å². The van der Waals surface area contributed by atoms with Crippen molar-refractivity contribution in [3.8, 4) is 11.5 Å². The summed E-state index contributed by atoms with van der Waals surface area (Å²) < 4.78 is 11.0. The van der Waals surface area contributed by atoms with Crippen LogP contribution in [0.15, 0.2) is 12.1 Å². The summed E-state index contributed by atoms with van der Waals surface area (Å²) >= 11 is 5.76. The largest absolute Gasteiger partial charge is 0.493 e. The highest BCUT2D eigenvalue weighted by Crippen LogP contribution is 2.55. The van der Waals surface area contributed by atoms with Gasteiger partial charge < -0.3 is 9.47 Å². The minimum atomic E-state index is 0.373. The Bertz CT molecular complexity index is 497. The molecule has 0 N–H and O–H groups in total. The van der Waals surface area contributed by atoms with E-state index >= 15 is 0 Å². The van der Waals surface area contributed by atoms with Crippen LogP contribution in [0.2, 0.25) is 0 Å². The predicted molar refractivity (Wildman–Crippen MR) is 88.7 cm³/mol. The summed E-state index contributed by atoms with van der Waals surface area (Å²) in [5.74, 6) is 2.97. The molecule has 1 saturated carbocycles. The molecule has 110 valence electrons. The molecule has 0 saturated heterocycles. The minimum absolute atomic E-state index is 0.373. The number of fused-ring (bicyclic) bond motifs is 2. The number of methoxy groups -OCH3 is 2. The zero-order chi connectivity index (χ0) is 14.2. The maximum Gasteiger partial charge on any atom is 0.161 e. The molecule has 3 rings (SSSR count). The molecular formula is C16H21BrO2S. The third kappa shape index (κ3) is 2.25. The van der Waals surface area contributed by atoms with Gasteiger partial charge in [0.25, 0.3) is 0 Å². The van der Waals surface area contributed by atoms with E-state index in [-0.39, 0.29) is 0 Å². The summed E-state index contributed by atoms with van der Waals surface area (Å²) in [5.41, 5.74) is 3.33. The van der Waals surface area contributed by atoms with Crippen LogP contribution in [0.25, 0.3) is 0 Å². The Balaban J connectivity index is 2.14. The van der Waals surface area contributed by atoms with Gasteiger partial charge in [-0.15, -0.1) is 0 Å². The first-order valence-corrected chi connectivity index (χ1v) is 9.35. The van der Waals surface area contributed by atoms with Gasteiger partial charge in [0.1, 0.15) is 0 Å². The average Bonchev–Trinajstić information content (AvgIpc) is 2.96. The Labute approximate surface area is 133 Å². The molecule has 1 aliphatic heterocycles. The second-order valence-corrected chi connectivity index (χ2v) is 7.57. The van der Waals surface area contributed by atoms with Gasteiger partial charge in [0.2, 0.25) is 0 Å². The molecule has 4 heteroatoms. The molecule has 2 aliphatic rings. The van der Waals surface area contributed by atoms with E-state index in [0.29, 0.717) is 10.7 Å². The smallest absolute Gasteiger partial charge is 0.161 e. The highest BCUT2D eigenvalue weighted by Gasteiger charge is 2.42. The molecule has 1 aromatic rings. The topological polar surface area (TPSA) is 18.5 Å². The maximum atomic E-state index is 5.53. The second kappa shape index (κ2) is 5.80. The number of hydrogen-bond acceptors (Lipinski definition) is 3. The minimum Gasteiger partial charge on any atom is -0.493 e. The van der Waals surface area contributed by atoms with Crippen molar-refractivity contribution in [2.24, 2.45) is 0 Å². The van der Waals surface area contributed by atoms with Crippen LogP contribution in [-0.4, -0.2) is 25.3 Å². The number of thioether (sulfide) groups is 1. The van der Waals surface area contributed by atoms with Gasteiger partial charge in [-0.05, 0) is 36.1 Å². The number of benzene rings is 1. The van der Waals surface area contributed by atoms with E-state index in [4.69, 9.17) is 9.47 Å². The molecule has 0 radical (unpaired) electrons. The zero-order valence-electron chi connectivity index (χ0n) is 12.1. The molecule has 1 aromatic carbocycles. The van der Waals surface area contributed by atoms with Crippen molar-refractivity contribution in [3.05, 3.63) is 23.3 Å². The van der Waals surface area contributed by atoms with Gasteiger partial charge in [-0.2, -0.15) is 11.8 Å². The van der Waals surface area contributed by atoms with E-state index in [2.05, 4.69) is 39.8 Å². The monoisotopic (exact) mass is 356 g/mol. The highest BCUT2D eigenvalue weighted by molar-refractivity contribution is 9.09. The molecule has 20 heavy (non-hydrogen) atoms. The molecule has 0 aromatic heterocycles. The molecule has 1 aliphatic carbocycles. The van der Waals surface area contributed by atoms with E-state index in [1.54, 1.807) is 14.2 Å². The van der Waals surface area contributed by atoms with Crippen LogP contribution < -0.4 is 9.47 Å². The van der Waals surface area contributed by atoms with Crippen molar-refractivity contribution in [2.45, 2.75) is 36.3 Å². The molecule has 0 amide bonds. The lowest BCUT2D eigenvalue weighted by atomic mass is 9.77. The Morgan fingerprint density at radius 2 is 1.85 bits per heavy atom. The molecule has 1 atom stereocenters. The van der Waals surface area contributed by atoms with Crippen LogP contribution in [0.5, 0.6) is 11.5 Å². The second-order valence-electron chi connectivity index (χ2n) is 5.74. The Morgan fingerprint density at radius 3 is 2.45 bits per heavy atom. The van der Waals surface area contributed by atoms with E-state index in [9.17, 15) is 0 Å². The summed E-state index contributed by atoms with van der Waals surface area (Å²) in [6, 6.07) is 4.45. The third-order valence-electron chi connectivity index (χ3n) is 4.74. The van der Waals surface area contributed by atoms with Crippen molar-refractivity contribution >= 4 is 27.7 Å². The molecule has 1 unspecified atom stereocenters. The summed E-state index contributed by atoms with van der Waals surface area (Å²) in [4.78, 5) is 0. The number of halogens is 1. The fourth-order valence-electron chi connectivity index (χ4n) is 3.64. The van der Waals surface area contributed by atoms with Gasteiger partial charge in [0, 0.05) is 21.7 Å². The van der Waals surface area contributed by atoms with Crippen LogP contribution in [0, 0.1) is 0 Å². The summed E-state index contributed by atoms with van der Waals surface area (Å²) in [6.07, 6.45) is 5.34. The van der Waals surface area contributed by atoms with Gasteiger partial charge in [0.15, 0.2) is 11.5 Å². The lowest BCUT2D eigenvalue weighted by molar-refractivity contribution is 0.352. The Kier molecular flexibility index (Phi) is 4.23. The van der Waals surface area contributed by atoms with Crippen LogP contribution in [0.3, 0.4) is 0 Å². The van der Waals surface area contributed by atoms with Crippen LogP contribution in [0.4, 0.5) is 0 Å². The van der Waals surface area contributed by atoms with E-state index in [1.165, 1.54) is 42.6 Å². The van der Waals surface area contributed by atoms with Crippen molar-refractivity contribution in [3.63, 3.8) is 0 Å². The predicted octanol–water partition coefficient (Wildman–Crippen LogP) is 4.70. The number of ether oxygens (including phenoxy) is 2. The van der Waals surface area contributed by atoms with Gasteiger partial charge in [0.05, 0.1) is 14.2 Å². The first kappa shape index (κ1) is 14.6. The van der Waals surface area contributed by atoms with Gasteiger partial charge in [-0.25, -0.2) is 0 Å². The molecule has 1 spiro atoms. The van der Waals surface area contributed by atoms with Crippen LogP contribution >= 0.6 is 27.7 Å². The Hall–Kier alpha value is -0.350. The maximum absolute atomic E-state index is 5.53. The lowest BCUT2D eigenvalue weighted by Gasteiger charge is -2.39. The summed E-state index contributed by atoms with van der Waals surface area (Å²) in [7, 11) is 3.44. The highest BCUT2D eigenvalue weighted by atomic mass is 79.9. The average molecular weight is 357 g/mol. The fourth-order valence-corrected chi connectivity index (χ4v) is 5.98. The first-order valence-electron chi connectivity index (χ1n) is 7.18. The molecule has 2 nitrogen and oxygen atoms in total. The van der Waals surface area contributed by atoms with Crippen molar-refractivity contribution < 1.29 is 9.47 Å². The van der Waals surface area contributed by atoms with Gasteiger partial charge in [-0.3, -0.25) is 0 Å². The van der Waals surface area contributed by atoms with Crippen molar-refractivity contribution in [1.29, 1.82) is 0 Å². The van der Waals surface area contributed by atoms with E-state index in [0.717, 1.165) is 16.8 Å². The molecule has 1 heterocycles. The van der Waals surface area contributed by atoms with E-state index in [1.807, 2.05) is 0 Å². The van der Waals surface area contributed by atoms with Crippen molar-refractivity contribution in [2.75, 3.05) is 25.3 Å². The molecule has 1 fully saturated rings. The third-order valence-corrected chi connectivity index (χ3v) is 7.35. The zero-order valence-corrected chi connectivity index (χ0v) is 14.5. The number of alkyl halides is 1. The fraction of sp³-hybridized carbons (Fsp3) is 0.625. The van der Waals surface area contributed by atoms with Gasteiger partial charge in [-0.1, -0.05) is 28.8 Å². The normalized spacial score (nSPS) is 23.6. The summed E-state index contributed by atoms with van der Waals surface area (Å²) in [6.45, 7) is 0. The Morgan fingerprint density at radius 1 is 1.20 bits per heavy atom. The molecule has 0 bridgehead atoms.